The number of carbonyl (C=O) groups excluding carboxylic acids is 1. The molecule has 3 heteroatoms. The van der Waals surface area contributed by atoms with Crippen LogP contribution in [0.15, 0.2) is 0 Å². The minimum absolute atomic E-state index is 0.265. The normalized spacial score (nSPS) is 21.3. The summed E-state index contributed by atoms with van der Waals surface area (Å²) in [5, 5.41) is 0. The molecule has 2 aliphatic heterocycles. The molecule has 2 rings (SSSR count). The van der Waals surface area contributed by atoms with Crippen molar-refractivity contribution in [3.8, 4) is 12.0 Å². The van der Waals surface area contributed by atoms with Gasteiger partial charge in [0.15, 0.2) is 0 Å². The summed E-state index contributed by atoms with van der Waals surface area (Å²) in [6, 6.07) is 3.12. The standard InChI is InChI=1S/C11H16N2O/c14-11-5-3-9-13(11)10-4-8-12-6-1-2-7-12/h1-3,5-7,9-10H2. The Morgan fingerprint density at radius 2 is 1.93 bits per heavy atom. The van der Waals surface area contributed by atoms with Crippen molar-refractivity contribution in [2.45, 2.75) is 25.7 Å². The van der Waals surface area contributed by atoms with Crippen LogP contribution in [0.4, 0.5) is 0 Å². The summed E-state index contributed by atoms with van der Waals surface area (Å²) in [4.78, 5) is 15.2. The van der Waals surface area contributed by atoms with Gasteiger partial charge in [0.05, 0.1) is 6.54 Å². The molecule has 0 N–H and O–H groups in total. The summed E-state index contributed by atoms with van der Waals surface area (Å²) in [5.41, 5.74) is 0. The monoisotopic (exact) mass is 192 g/mol. The van der Waals surface area contributed by atoms with Crippen molar-refractivity contribution >= 4 is 5.91 Å². The Kier molecular flexibility index (Phi) is 2.93. The Morgan fingerprint density at radius 1 is 1.14 bits per heavy atom. The molecular weight excluding hydrogens is 176 g/mol. The summed E-state index contributed by atoms with van der Waals surface area (Å²) in [5.74, 6) is 3.35. The van der Waals surface area contributed by atoms with E-state index >= 15 is 0 Å². The third-order valence-electron chi connectivity index (χ3n) is 2.78. The van der Waals surface area contributed by atoms with Crippen molar-refractivity contribution in [1.82, 2.24) is 9.80 Å². The van der Waals surface area contributed by atoms with Gasteiger partial charge in [-0.1, -0.05) is 5.92 Å². The molecule has 14 heavy (non-hydrogen) atoms. The van der Waals surface area contributed by atoms with Crippen LogP contribution in [0.2, 0.25) is 0 Å². The van der Waals surface area contributed by atoms with E-state index in [4.69, 9.17) is 0 Å². The van der Waals surface area contributed by atoms with E-state index in [2.05, 4.69) is 16.9 Å². The quantitative estimate of drug-likeness (QED) is 0.570. The second kappa shape index (κ2) is 4.36. The lowest BCUT2D eigenvalue weighted by molar-refractivity contribution is -0.127. The molecule has 0 spiro atoms. The largest absolute Gasteiger partial charge is 0.333 e. The zero-order valence-electron chi connectivity index (χ0n) is 8.46. The molecule has 0 aromatic rings. The second-order valence-electron chi connectivity index (χ2n) is 3.90. The van der Waals surface area contributed by atoms with Gasteiger partial charge in [-0.15, -0.1) is 0 Å². The van der Waals surface area contributed by atoms with E-state index in [1.807, 2.05) is 4.90 Å². The van der Waals surface area contributed by atoms with Gasteiger partial charge in [-0.25, -0.2) is 0 Å². The van der Waals surface area contributed by atoms with Crippen molar-refractivity contribution in [2.75, 3.05) is 26.2 Å². The lowest BCUT2D eigenvalue weighted by Gasteiger charge is -2.11. The molecule has 2 heterocycles. The SMILES string of the molecule is O=C1CCCN1CC#CN1CCCC1. The third kappa shape index (κ3) is 2.20. The lowest BCUT2D eigenvalue weighted by Crippen LogP contribution is -2.25. The lowest BCUT2D eigenvalue weighted by atomic mass is 10.4. The Balaban J connectivity index is 1.77. The van der Waals surface area contributed by atoms with Crippen molar-refractivity contribution in [3.63, 3.8) is 0 Å². The zero-order valence-corrected chi connectivity index (χ0v) is 8.46. The van der Waals surface area contributed by atoms with Crippen molar-refractivity contribution in [3.05, 3.63) is 0 Å². The van der Waals surface area contributed by atoms with Gasteiger partial charge in [0.1, 0.15) is 0 Å². The van der Waals surface area contributed by atoms with Crippen LogP contribution in [0.25, 0.3) is 0 Å². The molecule has 76 valence electrons. The number of rotatable bonds is 1. The van der Waals surface area contributed by atoms with Crippen molar-refractivity contribution in [1.29, 1.82) is 0 Å². The molecule has 0 bridgehead atoms. The molecular formula is C11H16N2O. The minimum atomic E-state index is 0.265. The summed E-state index contributed by atoms with van der Waals surface area (Å²) >= 11 is 0. The van der Waals surface area contributed by atoms with Crippen LogP contribution in [0.3, 0.4) is 0 Å². The molecule has 0 aromatic heterocycles. The van der Waals surface area contributed by atoms with E-state index in [1.165, 1.54) is 12.8 Å². The van der Waals surface area contributed by atoms with Crippen LogP contribution in [0, 0.1) is 12.0 Å². The Bertz CT molecular complexity index is 271. The van der Waals surface area contributed by atoms with Crippen molar-refractivity contribution < 1.29 is 4.79 Å². The fraction of sp³-hybridized carbons (Fsp3) is 0.727. The third-order valence-corrected chi connectivity index (χ3v) is 2.78. The topological polar surface area (TPSA) is 23.6 Å². The van der Waals surface area contributed by atoms with Crippen molar-refractivity contribution in [2.24, 2.45) is 0 Å². The van der Waals surface area contributed by atoms with Gasteiger partial charge in [-0.2, -0.15) is 0 Å². The number of carbonyl (C=O) groups is 1. The van der Waals surface area contributed by atoms with Crippen LogP contribution in [0.5, 0.6) is 0 Å². The summed E-state index contributed by atoms with van der Waals surface area (Å²) in [7, 11) is 0. The van der Waals surface area contributed by atoms with Gasteiger partial charge < -0.3 is 9.80 Å². The summed E-state index contributed by atoms with van der Waals surface area (Å²) in [6.45, 7) is 3.71. The molecule has 0 aromatic carbocycles. The molecule has 0 aliphatic carbocycles. The van der Waals surface area contributed by atoms with Crippen LogP contribution >= 0.6 is 0 Å². The predicted octanol–water partition coefficient (Wildman–Crippen LogP) is 0.665. The fourth-order valence-corrected chi connectivity index (χ4v) is 1.94. The first-order valence-corrected chi connectivity index (χ1v) is 5.37. The van der Waals surface area contributed by atoms with Gasteiger partial charge in [-0.3, -0.25) is 4.79 Å². The predicted molar refractivity (Wildman–Crippen MR) is 54.4 cm³/mol. The van der Waals surface area contributed by atoms with Crippen LogP contribution in [-0.4, -0.2) is 41.9 Å². The van der Waals surface area contributed by atoms with E-state index in [0.717, 1.165) is 26.1 Å². The van der Waals surface area contributed by atoms with E-state index in [9.17, 15) is 4.79 Å². The molecule has 0 radical (unpaired) electrons. The second-order valence-corrected chi connectivity index (χ2v) is 3.90. The molecule has 0 atom stereocenters. The zero-order chi connectivity index (χ0) is 9.80. The maximum absolute atomic E-state index is 11.2. The highest BCUT2D eigenvalue weighted by atomic mass is 16.2. The van der Waals surface area contributed by atoms with Gasteiger partial charge >= 0.3 is 0 Å². The molecule has 0 saturated carbocycles. The highest BCUT2D eigenvalue weighted by Crippen LogP contribution is 2.08. The van der Waals surface area contributed by atoms with E-state index < -0.39 is 0 Å². The smallest absolute Gasteiger partial charge is 0.223 e. The van der Waals surface area contributed by atoms with Gasteiger partial charge in [0, 0.05) is 32.1 Å². The number of likely N-dealkylation sites (tertiary alicyclic amines) is 2. The summed E-state index contributed by atoms with van der Waals surface area (Å²) < 4.78 is 0. The average molecular weight is 192 g/mol. The van der Waals surface area contributed by atoms with Crippen LogP contribution < -0.4 is 0 Å². The highest BCUT2D eigenvalue weighted by Gasteiger charge is 2.18. The van der Waals surface area contributed by atoms with E-state index in [1.54, 1.807) is 0 Å². The number of amides is 1. The maximum atomic E-state index is 11.2. The first kappa shape index (κ1) is 9.39. The highest BCUT2D eigenvalue weighted by molar-refractivity contribution is 5.78. The van der Waals surface area contributed by atoms with Gasteiger partial charge in [0.2, 0.25) is 5.91 Å². The first-order valence-electron chi connectivity index (χ1n) is 5.37. The first-order chi connectivity index (χ1) is 6.86. The maximum Gasteiger partial charge on any atom is 0.223 e. The molecule has 2 aliphatic rings. The van der Waals surface area contributed by atoms with Crippen LogP contribution in [-0.2, 0) is 4.79 Å². The molecule has 2 saturated heterocycles. The molecule has 0 unspecified atom stereocenters. The molecule has 3 nitrogen and oxygen atoms in total. The molecule has 2 fully saturated rings. The number of hydrogen-bond acceptors (Lipinski definition) is 2. The van der Waals surface area contributed by atoms with Gasteiger partial charge in [0.25, 0.3) is 0 Å². The van der Waals surface area contributed by atoms with Gasteiger partial charge in [-0.05, 0) is 19.3 Å². The number of hydrogen-bond donors (Lipinski definition) is 0. The van der Waals surface area contributed by atoms with E-state index in [0.29, 0.717) is 13.0 Å². The summed E-state index contributed by atoms with van der Waals surface area (Å²) in [6.07, 6.45) is 4.24. The molecule has 1 amide bonds. The average Bonchev–Trinajstić information content (AvgIpc) is 2.78. The minimum Gasteiger partial charge on any atom is -0.333 e. The van der Waals surface area contributed by atoms with E-state index in [-0.39, 0.29) is 5.91 Å². The Labute approximate surface area is 85.1 Å². The fourth-order valence-electron chi connectivity index (χ4n) is 1.94. The number of nitrogens with zero attached hydrogens (tertiary/aromatic N) is 2. The van der Waals surface area contributed by atoms with Crippen LogP contribution in [0.1, 0.15) is 25.7 Å². The Hall–Kier alpha value is -1.17. The Morgan fingerprint density at radius 3 is 2.57 bits per heavy atom.